The molecule has 0 amide bonds. The summed E-state index contributed by atoms with van der Waals surface area (Å²) in [7, 11) is 0. The van der Waals surface area contributed by atoms with E-state index in [1.165, 1.54) is 57.8 Å². The summed E-state index contributed by atoms with van der Waals surface area (Å²) in [5.41, 5.74) is 0.820. The second-order valence-electron chi connectivity index (χ2n) is 13.5. The maximum Gasteiger partial charge on any atom is 0.302 e. The molecule has 3 heteroatoms. The van der Waals surface area contributed by atoms with Crippen molar-refractivity contribution in [1.82, 2.24) is 0 Å². The number of ether oxygens (including phenoxy) is 2. The van der Waals surface area contributed by atoms with E-state index in [9.17, 15) is 4.79 Å². The van der Waals surface area contributed by atoms with Crippen LogP contribution in [0, 0.1) is 46.3 Å². The Hall–Kier alpha value is -0.570. The van der Waals surface area contributed by atoms with Crippen LogP contribution in [0.1, 0.15) is 112 Å². The van der Waals surface area contributed by atoms with Crippen LogP contribution in [0.25, 0.3) is 0 Å². The zero-order valence-electron chi connectivity index (χ0n) is 21.6. The Morgan fingerprint density at radius 1 is 1.03 bits per heavy atom. The lowest BCUT2D eigenvalue weighted by Crippen LogP contribution is -2.59. The molecule has 182 valence electrons. The fourth-order valence-corrected chi connectivity index (χ4v) is 10.00. The highest BCUT2D eigenvalue weighted by atomic mass is 16.6. The summed E-state index contributed by atoms with van der Waals surface area (Å²) in [6, 6.07) is 0. The van der Waals surface area contributed by atoms with Crippen LogP contribution in [0.4, 0.5) is 0 Å². The molecule has 0 aromatic heterocycles. The predicted molar refractivity (Wildman–Crippen MR) is 128 cm³/mol. The molecule has 0 aromatic rings. The SMILES string of the molecule is CC(=O)OC1CC[C@]2(C)[C@H]3CC[C@]4(C)[C@@H]([C@H](C)CCCC(C)C)CC[C@H]4[C@@H]3CC3OC32C1. The first-order chi connectivity index (χ1) is 15.1. The highest BCUT2D eigenvalue weighted by molar-refractivity contribution is 5.66. The van der Waals surface area contributed by atoms with Gasteiger partial charge in [0.2, 0.25) is 0 Å². The second-order valence-corrected chi connectivity index (χ2v) is 13.5. The fraction of sp³-hybridized carbons (Fsp3) is 0.966. The molecule has 1 aliphatic heterocycles. The van der Waals surface area contributed by atoms with Gasteiger partial charge < -0.3 is 9.47 Å². The molecule has 4 saturated carbocycles. The highest BCUT2D eigenvalue weighted by Crippen LogP contribution is 2.74. The third-order valence-electron chi connectivity index (χ3n) is 11.6. The van der Waals surface area contributed by atoms with E-state index >= 15 is 0 Å². The van der Waals surface area contributed by atoms with Crippen LogP contribution in [-0.2, 0) is 14.3 Å². The number of hydrogen-bond donors (Lipinski definition) is 0. The minimum absolute atomic E-state index is 0.00240. The molecular formula is C29H48O3. The Kier molecular flexibility index (Phi) is 5.79. The Morgan fingerprint density at radius 3 is 2.53 bits per heavy atom. The quantitative estimate of drug-likeness (QED) is 0.322. The van der Waals surface area contributed by atoms with Gasteiger partial charge in [0.25, 0.3) is 0 Å². The molecule has 5 rings (SSSR count). The molecule has 5 aliphatic rings. The minimum Gasteiger partial charge on any atom is -0.462 e. The lowest BCUT2D eigenvalue weighted by molar-refractivity contribution is -0.157. The lowest BCUT2D eigenvalue weighted by atomic mass is 9.44. The topological polar surface area (TPSA) is 38.8 Å². The van der Waals surface area contributed by atoms with Gasteiger partial charge in [0.05, 0.1) is 6.10 Å². The number of rotatable bonds is 6. The molecular weight excluding hydrogens is 396 g/mol. The lowest BCUT2D eigenvalue weighted by Gasteiger charge is -2.59. The van der Waals surface area contributed by atoms with E-state index in [0.29, 0.717) is 11.5 Å². The van der Waals surface area contributed by atoms with Gasteiger partial charge in [0.15, 0.2) is 0 Å². The zero-order chi connectivity index (χ0) is 22.9. The first-order valence-corrected chi connectivity index (χ1v) is 14.0. The molecule has 3 unspecified atom stereocenters. The van der Waals surface area contributed by atoms with Crippen molar-refractivity contribution >= 4 is 5.97 Å². The van der Waals surface area contributed by atoms with Crippen LogP contribution in [0.2, 0.25) is 0 Å². The van der Waals surface area contributed by atoms with Gasteiger partial charge >= 0.3 is 5.97 Å². The predicted octanol–water partition coefficient (Wildman–Crippen LogP) is 7.17. The number of esters is 1. The molecule has 5 fully saturated rings. The molecule has 1 spiro atoms. The van der Waals surface area contributed by atoms with Crippen molar-refractivity contribution in [2.75, 3.05) is 0 Å². The molecule has 32 heavy (non-hydrogen) atoms. The summed E-state index contributed by atoms with van der Waals surface area (Å²) in [6.45, 7) is 14.1. The maximum atomic E-state index is 11.6. The summed E-state index contributed by atoms with van der Waals surface area (Å²) in [5.74, 6) is 5.03. The Morgan fingerprint density at radius 2 is 1.81 bits per heavy atom. The van der Waals surface area contributed by atoms with Gasteiger partial charge in [-0.25, -0.2) is 0 Å². The average molecular weight is 445 g/mol. The fourth-order valence-electron chi connectivity index (χ4n) is 10.00. The summed E-state index contributed by atoms with van der Waals surface area (Å²) in [6.07, 6.45) is 14.8. The highest BCUT2D eigenvalue weighted by Gasteiger charge is 2.76. The molecule has 10 atom stereocenters. The number of fused-ring (bicyclic) bond motifs is 4. The monoisotopic (exact) mass is 444 g/mol. The molecule has 0 N–H and O–H groups in total. The van der Waals surface area contributed by atoms with Crippen molar-refractivity contribution in [3.8, 4) is 0 Å². The molecule has 0 aromatic carbocycles. The van der Waals surface area contributed by atoms with Gasteiger partial charge in [0.1, 0.15) is 11.7 Å². The van der Waals surface area contributed by atoms with Crippen LogP contribution >= 0.6 is 0 Å². The molecule has 1 heterocycles. The van der Waals surface area contributed by atoms with Crippen LogP contribution in [0.3, 0.4) is 0 Å². The van der Waals surface area contributed by atoms with Crippen LogP contribution in [0.5, 0.6) is 0 Å². The first kappa shape index (κ1) is 23.2. The number of epoxide rings is 1. The number of carbonyl (C=O) groups excluding carboxylic acids is 1. The van der Waals surface area contributed by atoms with Crippen molar-refractivity contribution in [2.45, 2.75) is 130 Å². The van der Waals surface area contributed by atoms with Crippen molar-refractivity contribution in [2.24, 2.45) is 46.3 Å². The van der Waals surface area contributed by atoms with Gasteiger partial charge in [-0.05, 0) is 85.9 Å². The third kappa shape index (κ3) is 3.42. The molecule has 0 bridgehead atoms. The maximum absolute atomic E-state index is 11.6. The summed E-state index contributed by atoms with van der Waals surface area (Å²) >= 11 is 0. The van der Waals surface area contributed by atoms with E-state index in [1.807, 2.05) is 0 Å². The molecule has 3 nitrogen and oxygen atoms in total. The van der Waals surface area contributed by atoms with Gasteiger partial charge in [0, 0.05) is 18.8 Å². The smallest absolute Gasteiger partial charge is 0.302 e. The van der Waals surface area contributed by atoms with Crippen molar-refractivity contribution in [3.63, 3.8) is 0 Å². The summed E-state index contributed by atoms with van der Waals surface area (Å²) in [5, 5.41) is 0. The number of hydrogen-bond acceptors (Lipinski definition) is 3. The van der Waals surface area contributed by atoms with Gasteiger partial charge in [-0.1, -0.05) is 53.9 Å². The largest absolute Gasteiger partial charge is 0.462 e. The van der Waals surface area contributed by atoms with Crippen LogP contribution in [0.15, 0.2) is 0 Å². The number of carbonyl (C=O) groups is 1. The Balaban J connectivity index is 1.30. The Labute approximate surface area is 196 Å². The van der Waals surface area contributed by atoms with Gasteiger partial charge in [-0.15, -0.1) is 0 Å². The van der Waals surface area contributed by atoms with Crippen molar-refractivity contribution in [3.05, 3.63) is 0 Å². The van der Waals surface area contributed by atoms with Gasteiger partial charge in [-0.2, -0.15) is 0 Å². The first-order valence-electron chi connectivity index (χ1n) is 14.0. The Bertz CT molecular complexity index is 732. The average Bonchev–Trinajstić information content (AvgIpc) is 3.28. The molecule has 0 radical (unpaired) electrons. The second kappa shape index (κ2) is 7.99. The molecule has 4 aliphatic carbocycles. The van der Waals surface area contributed by atoms with E-state index in [0.717, 1.165) is 48.3 Å². The van der Waals surface area contributed by atoms with Crippen molar-refractivity contribution in [1.29, 1.82) is 0 Å². The van der Waals surface area contributed by atoms with Crippen LogP contribution < -0.4 is 0 Å². The van der Waals surface area contributed by atoms with E-state index < -0.39 is 0 Å². The standard InChI is InChI=1S/C29H48O3/c1-18(2)8-7-9-19(3)23-10-11-24-22-16-26-29(32-26)17-21(31-20(4)30)12-15-28(29,6)25(22)13-14-27(23,24)5/h18-19,21-26H,7-17H2,1-6H3/t19-,21?,22+,23-,24+,25+,26?,27-,28-,29?/m1/s1. The third-order valence-corrected chi connectivity index (χ3v) is 11.6. The van der Waals surface area contributed by atoms with Crippen molar-refractivity contribution < 1.29 is 14.3 Å². The van der Waals surface area contributed by atoms with Gasteiger partial charge in [-0.3, -0.25) is 4.79 Å². The van der Waals surface area contributed by atoms with Crippen LogP contribution in [-0.4, -0.2) is 23.8 Å². The van der Waals surface area contributed by atoms with E-state index in [2.05, 4.69) is 34.6 Å². The normalized spacial score (nSPS) is 50.1. The van der Waals surface area contributed by atoms with E-state index in [4.69, 9.17) is 9.47 Å². The zero-order valence-corrected chi connectivity index (χ0v) is 21.6. The minimum atomic E-state index is -0.131. The van der Waals surface area contributed by atoms with E-state index in [1.54, 1.807) is 6.92 Å². The summed E-state index contributed by atoms with van der Waals surface area (Å²) < 4.78 is 12.3. The summed E-state index contributed by atoms with van der Waals surface area (Å²) in [4.78, 5) is 11.6. The van der Waals surface area contributed by atoms with E-state index in [-0.39, 0.29) is 23.1 Å². The molecule has 1 saturated heterocycles.